The van der Waals surface area contributed by atoms with Crippen LogP contribution in [0.25, 0.3) is 21.8 Å². The van der Waals surface area contributed by atoms with Crippen LogP contribution < -0.4 is 11.3 Å². The minimum Gasteiger partial charge on any atom is -0.407 e. The zero-order chi connectivity index (χ0) is 22.0. The molecule has 0 amide bonds. The molecule has 6 nitrogen and oxygen atoms in total. The maximum atomic E-state index is 12.7. The van der Waals surface area contributed by atoms with Crippen molar-refractivity contribution in [3.8, 4) is 0 Å². The Morgan fingerprint density at radius 1 is 0.742 bits per heavy atom. The van der Waals surface area contributed by atoms with Crippen LogP contribution in [-0.2, 0) is 12.8 Å². The van der Waals surface area contributed by atoms with E-state index in [2.05, 4.69) is 23.8 Å². The van der Waals surface area contributed by atoms with E-state index in [1.807, 2.05) is 43.3 Å². The molecule has 31 heavy (non-hydrogen) atoms. The fraction of sp³-hybridized carbons (Fsp3) is 0.360. The number of aryl methyl sites for hydroxylation is 2. The molecule has 0 aliphatic carbocycles. The molecule has 6 heteroatoms. The number of hydrogen-bond donors (Lipinski definition) is 0. The molecule has 160 valence electrons. The number of fused-ring (bicyclic) bond motifs is 2. The Morgan fingerprint density at radius 3 is 1.58 bits per heavy atom. The standard InChI is InChI=1S/C25H26N2O4/c1-4-7-15-9-11-20-18(13-15)24(28)30-22(26-20)17(6-3)23-27-21-12-10-16(8-5-2)14-19(21)25(29)31-23/h9-14,17H,4-8H2,1-3H3. The zero-order valence-corrected chi connectivity index (χ0v) is 18.1. The van der Waals surface area contributed by atoms with E-state index in [1.165, 1.54) is 0 Å². The molecule has 0 bridgehead atoms. The van der Waals surface area contributed by atoms with Gasteiger partial charge in [-0.05, 0) is 54.7 Å². The van der Waals surface area contributed by atoms with Crippen LogP contribution in [-0.4, -0.2) is 9.97 Å². The van der Waals surface area contributed by atoms with Crippen molar-refractivity contribution in [1.29, 1.82) is 0 Å². The molecule has 0 saturated heterocycles. The highest BCUT2D eigenvalue weighted by Gasteiger charge is 2.24. The Balaban J connectivity index is 1.79. The number of hydrogen-bond acceptors (Lipinski definition) is 6. The number of aromatic nitrogens is 2. The molecule has 0 saturated carbocycles. The second kappa shape index (κ2) is 8.84. The van der Waals surface area contributed by atoms with Crippen LogP contribution in [0.2, 0.25) is 0 Å². The maximum absolute atomic E-state index is 12.7. The van der Waals surface area contributed by atoms with Gasteiger partial charge in [0.15, 0.2) is 0 Å². The van der Waals surface area contributed by atoms with Gasteiger partial charge in [0.05, 0.1) is 21.8 Å². The molecular formula is C25H26N2O4. The van der Waals surface area contributed by atoms with Crippen molar-refractivity contribution in [3.05, 3.63) is 80.1 Å². The van der Waals surface area contributed by atoms with Gasteiger partial charge in [-0.1, -0.05) is 45.7 Å². The summed E-state index contributed by atoms with van der Waals surface area (Å²) >= 11 is 0. The Kier molecular flexibility index (Phi) is 5.98. The minimum atomic E-state index is -0.528. The SMILES string of the molecule is CCCc1ccc2nc(C(CC)c3nc4ccc(CCC)cc4c(=O)o3)oc(=O)c2c1. The monoisotopic (exact) mass is 418 g/mol. The smallest absolute Gasteiger partial charge is 0.346 e. The highest BCUT2D eigenvalue weighted by molar-refractivity contribution is 5.78. The third-order valence-electron chi connectivity index (χ3n) is 5.50. The summed E-state index contributed by atoms with van der Waals surface area (Å²) in [6, 6.07) is 11.3. The van der Waals surface area contributed by atoms with E-state index in [-0.39, 0.29) is 11.8 Å². The number of benzene rings is 2. The van der Waals surface area contributed by atoms with E-state index in [0.29, 0.717) is 28.2 Å². The van der Waals surface area contributed by atoms with Crippen LogP contribution in [0.15, 0.2) is 54.8 Å². The summed E-state index contributed by atoms with van der Waals surface area (Å²) in [5.41, 5.74) is 2.41. The minimum absolute atomic E-state index is 0.209. The molecule has 0 aliphatic rings. The second-order valence-electron chi connectivity index (χ2n) is 7.84. The summed E-state index contributed by atoms with van der Waals surface area (Å²) in [7, 11) is 0. The van der Waals surface area contributed by atoms with Gasteiger partial charge in [0.25, 0.3) is 0 Å². The third-order valence-corrected chi connectivity index (χ3v) is 5.50. The van der Waals surface area contributed by atoms with E-state index in [0.717, 1.165) is 36.8 Å². The van der Waals surface area contributed by atoms with Gasteiger partial charge in [-0.2, -0.15) is 0 Å². The first-order chi connectivity index (χ1) is 15.0. The fourth-order valence-electron chi connectivity index (χ4n) is 3.91. The summed E-state index contributed by atoms with van der Waals surface area (Å²) < 4.78 is 11.1. The lowest BCUT2D eigenvalue weighted by Crippen LogP contribution is -2.14. The van der Waals surface area contributed by atoms with Gasteiger partial charge in [-0.25, -0.2) is 19.6 Å². The Morgan fingerprint density at radius 2 is 1.19 bits per heavy atom. The maximum Gasteiger partial charge on any atom is 0.346 e. The molecule has 2 aromatic carbocycles. The van der Waals surface area contributed by atoms with Crippen molar-refractivity contribution in [3.63, 3.8) is 0 Å². The third kappa shape index (κ3) is 4.15. The van der Waals surface area contributed by atoms with Gasteiger partial charge in [0.1, 0.15) is 5.92 Å². The van der Waals surface area contributed by atoms with Crippen LogP contribution in [0.3, 0.4) is 0 Å². The molecule has 0 aliphatic heterocycles. The largest absolute Gasteiger partial charge is 0.407 e. The second-order valence-corrected chi connectivity index (χ2v) is 7.84. The Hall–Kier alpha value is -3.28. The molecule has 0 atom stereocenters. The molecule has 4 aromatic rings. The molecule has 4 rings (SSSR count). The Bertz CT molecular complexity index is 1250. The van der Waals surface area contributed by atoms with Gasteiger partial charge >= 0.3 is 11.3 Å². The lowest BCUT2D eigenvalue weighted by Gasteiger charge is -2.12. The topological polar surface area (TPSA) is 86.2 Å². The van der Waals surface area contributed by atoms with Crippen molar-refractivity contribution in [1.82, 2.24) is 9.97 Å². The molecule has 0 radical (unpaired) electrons. The quantitative estimate of drug-likeness (QED) is 0.413. The van der Waals surface area contributed by atoms with Crippen molar-refractivity contribution in [2.24, 2.45) is 0 Å². The highest BCUT2D eigenvalue weighted by Crippen LogP contribution is 2.26. The average Bonchev–Trinajstić information content (AvgIpc) is 2.76. The highest BCUT2D eigenvalue weighted by atomic mass is 16.4. The van der Waals surface area contributed by atoms with Gasteiger partial charge in [-0.15, -0.1) is 0 Å². The average molecular weight is 418 g/mol. The summed E-state index contributed by atoms with van der Waals surface area (Å²) in [6.45, 7) is 6.10. The summed E-state index contributed by atoms with van der Waals surface area (Å²) in [5.74, 6) is -0.110. The van der Waals surface area contributed by atoms with E-state index in [4.69, 9.17) is 8.83 Å². The van der Waals surface area contributed by atoms with Gasteiger partial charge < -0.3 is 8.83 Å². The predicted octanol–water partition coefficient (Wildman–Crippen LogP) is 5.14. The van der Waals surface area contributed by atoms with Crippen LogP contribution in [0.5, 0.6) is 0 Å². The van der Waals surface area contributed by atoms with Crippen molar-refractivity contribution < 1.29 is 8.83 Å². The summed E-state index contributed by atoms with van der Waals surface area (Å²) in [4.78, 5) is 34.5. The first kappa shape index (κ1) is 21.0. The molecule has 2 aromatic heterocycles. The Labute approximate surface area is 180 Å². The van der Waals surface area contributed by atoms with Gasteiger partial charge in [0.2, 0.25) is 11.8 Å². The summed E-state index contributed by atoms with van der Waals surface area (Å²) in [5, 5.41) is 0.918. The van der Waals surface area contributed by atoms with E-state index in [1.54, 1.807) is 0 Å². The van der Waals surface area contributed by atoms with Crippen molar-refractivity contribution in [2.75, 3.05) is 0 Å². The molecule has 0 unspecified atom stereocenters. The van der Waals surface area contributed by atoms with Crippen LogP contribution >= 0.6 is 0 Å². The predicted molar refractivity (Wildman–Crippen MR) is 121 cm³/mol. The van der Waals surface area contributed by atoms with E-state index >= 15 is 0 Å². The van der Waals surface area contributed by atoms with Crippen molar-refractivity contribution >= 4 is 21.8 Å². The van der Waals surface area contributed by atoms with Gasteiger partial charge in [-0.3, -0.25) is 0 Å². The van der Waals surface area contributed by atoms with E-state index < -0.39 is 17.2 Å². The molecule has 0 spiro atoms. The van der Waals surface area contributed by atoms with Crippen LogP contribution in [0, 0.1) is 0 Å². The normalized spacial score (nSPS) is 11.6. The first-order valence-electron chi connectivity index (χ1n) is 10.9. The molecule has 2 heterocycles. The lowest BCUT2D eigenvalue weighted by molar-refractivity contribution is 0.359. The first-order valence-corrected chi connectivity index (χ1v) is 10.9. The fourth-order valence-corrected chi connectivity index (χ4v) is 3.91. The van der Waals surface area contributed by atoms with E-state index in [9.17, 15) is 9.59 Å². The van der Waals surface area contributed by atoms with Crippen molar-refractivity contribution in [2.45, 2.75) is 58.8 Å². The number of rotatable bonds is 7. The molecule has 0 fully saturated rings. The molecule has 0 N–H and O–H groups in total. The van der Waals surface area contributed by atoms with Gasteiger partial charge in [0, 0.05) is 0 Å². The molecular weight excluding hydrogens is 392 g/mol. The zero-order valence-electron chi connectivity index (χ0n) is 18.1. The summed E-state index contributed by atoms with van der Waals surface area (Å²) in [6.07, 6.45) is 4.28. The van der Waals surface area contributed by atoms with Crippen LogP contribution in [0.4, 0.5) is 0 Å². The van der Waals surface area contributed by atoms with Crippen LogP contribution in [0.1, 0.15) is 68.9 Å². The number of nitrogens with zero attached hydrogens (tertiary/aromatic N) is 2. The lowest BCUT2D eigenvalue weighted by atomic mass is 10.0.